The fraction of sp³-hybridized carbons (Fsp3) is 0.809. The summed E-state index contributed by atoms with van der Waals surface area (Å²) in [7, 11) is 5.51. The highest BCUT2D eigenvalue weighted by Crippen LogP contribution is 2.14. The van der Waals surface area contributed by atoms with Gasteiger partial charge in [-0.05, 0) is 57.8 Å². The first-order valence-electron chi connectivity index (χ1n) is 22.5. The number of hydrogen-bond donors (Lipinski definition) is 1. The molecule has 0 fully saturated rings. The number of aliphatic carboxylic acids is 1. The largest absolute Gasteiger partial charge is 0.477 e. The topological polar surface area (TPSA) is 99.1 Å². The standard InChI is InChI=1S/C47H85NO7/c1-6-8-10-12-14-16-18-19-20-21-22-23-24-25-26-28-29-31-33-35-37-45(49)54-42-43(41-53-40-39-44(47(51)52)48(3,4)5)55-46(50)38-36-34-32-30-27-17-15-13-11-9-7-2/h13,15,17,22-23,27,43-44H,6-12,14,16,18-21,24-26,28-42H2,1-5H3/p+1/b15-13+,23-22+,27-17+. The number of carboxylic acids is 1. The van der Waals surface area contributed by atoms with E-state index in [0.717, 1.165) is 51.4 Å². The molecule has 1 N–H and O–H groups in total. The first-order valence-corrected chi connectivity index (χ1v) is 22.5. The molecule has 2 atom stereocenters. The minimum atomic E-state index is -0.880. The van der Waals surface area contributed by atoms with Crippen molar-refractivity contribution in [2.45, 2.75) is 206 Å². The van der Waals surface area contributed by atoms with Crippen molar-refractivity contribution in [2.75, 3.05) is 41.0 Å². The van der Waals surface area contributed by atoms with Crippen LogP contribution in [-0.4, -0.2) is 80.6 Å². The van der Waals surface area contributed by atoms with Gasteiger partial charge in [-0.1, -0.05) is 153 Å². The molecule has 0 heterocycles. The van der Waals surface area contributed by atoms with Crippen LogP contribution >= 0.6 is 0 Å². The van der Waals surface area contributed by atoms with Gasteiger partial charge >= 0.3 is 17.9 Å². The number of carbonyl (C=O) groups is 3. The summed E-state index contributed by atoms with van der Waals surface area (Å²) < 4.78 is 17.2. The van der Waals surface area contributed by atoms with E-state index < -0.39 is 18.1 Å². The van der Waals surface area contributed by atoms with Gasteiger partial charge in [-0.25, -0.2) is 4.79 Å². The average molecular weight is 777 g/mol. The van der Waals surface area contributed by atoms with E-state index in [1.807, 2.05) is 21.1 Å². The molecule has 0 aliphatic carbocycles. The Kier molecular flexibility index (Phi) is 36.7. The SMILES string of the molecule is CCCC/C=C/C=C/CCCCCC(=O)OC(COCCC(C(=O)O)[N+](C)(C)C)COC(=O)CCCCCCCCC/C=C/CCCCCCCCCCC. The Morgan fingerprint density at radius 2 is 0.982 bits per heavy atom. The Bertz CT molecular complexity index is 1000. The lowest BCUT2D eigenvalue weighted by molar-refractivity contribution is -0.887. The van der Waals surface area contributed by atoms with E-state index in [1.54, 1.807) is 0 Å². The number of esters is 2. The number of quaternary nitrogens is 1. The lowest BCUT2D eigenvalue weighted by Crippen LogP contribution is -2.50. The van der Waals surface area contributed by atoms with E-state index in [-0.39, 0.29) is 36.2 Å². The van der Waals surface area contributed by atoms with E-state index in [2.05, 4.69) is 50.3 Å². The molecule has 55 heavy (non-hydrogen) atoms. The highest BCUT2D eigenvalue weighted by molar-refractivity contribution is 5.72. The summed E-state index contributed by atoms with van der Waals surface area (Å²) in [5.74, 6) is -1.51. The summed E-state index contributed by atoms with van der Waals surface area (Å²) in [6.07, 6.45) is 43.4. The third kappa shape index (κ3) is 36.9. The van der Waals surface area contributed by atoms with Crippen molar-refractivity contribution in [1.29, 1.82) is 0 Å². The molecule has 0 aliphatic heterocycles. The second-order valence-corrected chi connectivity index (χ2v) is 16.3. The fourth-order valence-corrected chi connectivity index (χ4v) is 6.47. The molecular formula is C47H86NO7+. The van der Waals surface area contributed by atoms with E-state index in [9.17, 15) is 19.5 Å². The van der Waals surface area contributed by atoms with Gasteiger partial charge in [0.1, 0.15) is 6.61 Å². The van der Waals surface area contributed by atoms with Gasteiger partial charge in [0.05, 0.1) is 34.4 Å². The van der Waals surface area contributed by atoms with Gasteiger partial charge in [0.25, 0.3) is 0 Å². The second kappa shape index (κ2) is 38.4. The molecule has 0 aromatic heterocycles. The predicted molar refractivity (Wildman–Crippen MR) is 229 cm³/mol. The maximum absolute atomic E-state index is 12.7. The molecule has 0 aliphatic rings. The molecule has 0 aromatic rings. The fourth-order valence-electron chi connectivity index (χ4n) is 6.47. The predicted octanol–water partition coefficient (Wildman–Crippen LogP) is 12.2. The van der Waals surface area contributed by atoms with E-state index in [4.69, 9.17) is 14.2 Å². The number of ether oxygens (including phenoxy) is 3. The molecule has 0 rings (SSSR count). The summed E-state index contributed by atoms with van der Waals surface area (Å²) in [4.78, 5) is 36.9. The second-order valence-electron chi connectivity index (χ2n) is 16.3. The van der Waals surface area contributed by atoms with Crippen LogP contribution in [-0.2, 0) is 28.6 Å². The third-order valence-corrected chi connectivity index (χ3v) is 10.0. The summed E-state index contributed by atoms with van der Waals surface area (Å²) in [6, 6.07) is -0.619. The van der Waals surface area contributed by atoms with Gasteiger partial charge in [0, 0.05) is 19.3 Å². The number of rotatable bonds is 40. The van der Waals surface area contributed by atoms with Crippen molar-refractivity contribution in [2.24, 2.45) is 0 Å². The number of allylic oxidation sites excluding steroid dienone is 6. The summed E-state index contributed by atoms with van der Waals surface area (Å²) in [6.45, 7) is 4.65. The van der Waals surface area contributed by atoms with E-state index in [0.29, 0.717) is 19.3 Å². The molecule has 2 unspecified atom stereocenters. The number of unbranched alkanes of at least 4 members (excludes halogenated alkanes) is 21. The molecule has 0 bridgehead atoms. The van der Waals surface area contributed by atoms with Crippen LogP contribution in [0.3, 0.4) is 0 Å². The summed E-state index contributed by atoms with van der Waals surface area (Å²) in [5, 5.41) is 9.61. The minimum Gasteiger partial charge on any atom is -0.477 e. The van der Waals surface area contributed by atoms with Crippen LogP contribution in [0.4, 0.5) is 0 Å². The van der Waals surface area contributed by atoms with Gasteiger partial charge in [-0.2, -0.15) is 0 Å². The molecule has 0 saturated carbocycles. The smallest absolute Gasteiger partial charge is 0.362 e. The van der Waals surface area contributed by atoms with Gasteiger partial charge < -0.3 is 23.8 Å². The lowest BCUT2D eigenvalue weighted by atomic mass is 10.1. The molecule has 8 heteroatoms. The number of carbonyl (C=O) groups excluding carboxylic acids is 2. The number of carboxylic acid groups (broad SMARTS) is 1. The van der Waals surface area contributed by atoms with Crippen molar-refractivity contribution >= 4 is 17.9 Å². The van der Waals surface area contributed by atoms with Crippen molar-refractivity contribution in [1.82, 2.24) is 0 Å². The Balaban J connectivity index is 4.27. The first-order chi connectivity index (χ1) is 26.6. The van der Waals surface area contributed by atoms with Crippen LogP contribution in [0.25, 0.3) is 0 Å². The van der Waals surface area contributed by atoms with Crippen LogP contribution in [0.5, 0.6) is 0 Å². The first kappa shape index (κ1) is 52.6. The number of likely N-dealkylation sites (N-methyl/N-ethyl adjacent to an activating group) is 1. The number of hydrogen-bond acceptors (Lipinski definition) is 6. The van der Waals surface area contributed by atoms with E-state index in [1.165, 1.54) is 109 Å². The van der Waals surface area contributed by atoms with Crippen molar-refractivity contribution in [3.05, 3.63) is 36.5 Å². The van der Waals surface area contributed by atoms with Gasteiger partial charge in [0.2, 0.25) is 0 Å². The molecule has 0 amide bonds. The van der Waals surface area contributed by atoms with E-state index >= 15 is 0 Å². The van der Waals surface area contributed by atoms with Crippen molar-refractivity contribution < 1.29 is 38.2 Å². The lowest BCUT2D eigenvalue weighted by Gasteiger charge is -2.31. The normalized spacial score (nSPS) is 13.3. The van der Waals surface area contributed by atoms with Crippen LogP contribution in [0, 0.1) is 0 Å². The van der Waals surface area contributed by atoms with Gasteiger partial charge in [-0.3, -0.25) is 9.59 Å². The Morgan fingerprint density at radius 1 is 0.545 bits per heavy atom. The zero-order valence-corrected chi connectivity index (χ0v) is 36.4. The average Bonchev–Trinajstić information content (AvgIpc) is 3.14. The highest BCUT2D eigenvalue weighted by Gasteiger charge is 2.31. The maximum Gasteiger partial charge on any atom is 0.362 e. The molecule has 320 valence electrons. The molecule has 0 aromatic carbocycles. The highest BCUT2D eigenvalue weighted by atomic mass is 16.6. The zero-order valence-electron chi connectivity index (χ0n) is 36.4. The van der Waals surface area contributed by atoms with Crippen LogP contribution < -0.4 is 0 Å². The molecule has 0 saturated heterocycles. The number of nitrogens with zero attached hydrogens (tertiary/aromatic N) is 1. The molecule has 0 spiro atoms. The van der Waals surface area contributed by atoms with Crippen molar-refractivity contribution in [3.63, 3.8) is 0 Å². The quantitative estimate of drug-likeness (QED) is 0.0217. The Hall–Kier alpha value is -2.45. The van der Waals surface area contributed by atoms with Crippen LogP contribution in [0.2, 0.25) is 0 Å². The monoisotopic (exact) mass is 777 g/mol. The van der Waals surface area contributed by atoms with Crippen LogP contribution in [0.15, 0.2) is 36.5 Å². The Morgan fingerprint density at radius 3 is 1.49 bits per heavy atom. The molecule has 8 nitrogen and oxygen atoms in total. The maximum atomic E-state index is 12.7. The minimum absolute atomic E-state index is 0.0498. The van der Waals surface area contributed by atoms with Gasteiger partial charge in [-0.15, -0.1) is 0 Å². The van der Waals surface area contributed by atoms with Crippen LogP contribution in [0.1, 0.15) is 194 Å². The third-order valence-electron chi connectivity index (χ3n) is 10.0. The zero-order chi connectivity index (χ0) is 40.7. The molecule has 0 radical (unpaired) electrons. The van der Waals surface area contributed by atoms with Gasteiger partial charge in [0.15, 0.2) is 12.1 Å². The molecular weight excluding hydrogens is 691 g/mol. The summed E-state index contributed by atoms with van der Waals surface area (Å²) >= 11 is 0. The Labute approximate surface area is 338 Å². The summed E-state index contributed by atoms with van der Waals surface area (Å²) in [5.41, 5.74) is 0. The van der Waals surface area contributed by atoms with Crippen molar-refractivity contribution in [3.8, 4) is 0 Å².